The fourth-order valence-electron chi connectivity index (χ4n) is 2.01. The van der Waals surface area contributed by atoms with Crippen LogP contribution in [0.25, 0.3) is 10.9 Å². The zero-order chi connectivity index (χ0) is 12.8. The Morgan fingerprint density at radius 2 is 1.94 bits per heavy atom. The summed E-state index contributed by atoms with van der Waals surface area (Å²) in [5.41, 5.74) is 1.20. The van der Waals surface area contributed by atoms with Crippen molar-refractivity contribution in [1.82, 2.24) is 4.57 Å². The average molecular weight is 241 g/mol. The number of hydrogen-bond donors (Lipinski definition) is 0. The predicted molar refractivity (Wildman–Crippen MR) is 58.0 cm³/mol. The van der Waals surface area contributed by atoms with Gasteiger partial charge in [0.1, 0.15) is 0 Å². The Bertz CT molecular complexity index is 596. The van der Waals surface area contributed by atoms with Crippen LogP contribution in [0.3, 0.4) is 0 Å². The molecule has 0 aliphatic heterocycles. The van der Waals surface area contributed by atoms with Gasteiger partial charge < -0.3 is 4.57 Å². The molecule has 0 radical (unpaired) electrons. The van der Waals surface area contributed by atoms with Gasteiger partial charge in [-0.25, -0.2) is 0 Å². The number of Topliss-reactive ketones (excluding diaryl/α,β-unsaturated/α-hetero) is 1. The lowest BCUT2D eigenvalue weighted by molar-refractivity contribution is -0.0884. The molecule has 0 spiro atoms. The summed E-state index contributed by atoms with van der Waals surface area (Å²) >= 11 is 0. The highest BCUT2D eigenvalue weighted by atomic mass is 19.4. The number of aryl methyl sites for hydroxylation is 2. The Kier molecular flexibility index (Phi) is 2.49. The molecule has 5 heteroatoms. The number of para-hydroxylation sites is 1. The molecule has 2 aromatic rings. The fraction of sp³-hybridized carbons (Fsp3) is 0.250. The molecular weight excluding hydrogens is 231 g/mol. The summed E-state index contributed by atoms with van der Waals surface area (Å²) < 4.78 is 38.8. The monoisotopic (exact) mass is 241 g/mol. The van der Waals surface area contributed by atoms with E-state index in [-0.39, 0.29) is 5.56 Å². The van der Waals surface area contributed by atoms with Crippen molar-refractivity contribution < 1.29 is 18.0 Å². The molecule has 0 fully saturated rings. The van der Waals surface area contributed by atoms with Gasteiger partial charge in [0.15, 0.2) is 0 Å². The zero-order valence-corrected chi connectivity index (χ0v) is 9.30. The first-order valence-electron chi connectivity index (χ1n) is 4.98. The number of hydrogen-bond acceptors (Lipinski definition) is 1. The highest BCUT2D eigenvalue weighted by Crippen LogP contribution is 2.29. The molecule has 0 amide bonds. The SMILES string of the molecule is Cc1cccc2c(C(=O)C(F)(F)F)cn(C)c12. The first kappa shape index (κ1) is 11.7. The van der Waals surface area contributed by atoms with Crippen LogP contribution in [0.1, 0.15) is 15.9 Å². The molecule has 0 bridgehead atoms. The number of carbonyl (C=O) groups is 1. The molecule has 0 unspecified atom stereocenters. The van der Waals surface area contributed by atoms with E-state index in [1.165, 1.54) is 12.3 Å². The van der Waals surface area contributed by atoms with Crippen LogP contribution < -0.4 is 0 Å². The van der Waals surface area contributed by atoms with E-state index in [4.69, 9.17) is 0 Å². The second kappa shape index (κ2) is 3.61. The molecule has 2 rings (SSSR count). The van der Waals surface area contributed by atoms with E-state index < -0.39 is 12.0 Å². The molecular formula is C12H10F3NO. The van der Waals surface area contributed by atoms with Crippen molar-refractivity contribution in [2.45, 2.75) is 13.1 Å². The van der Waals surface area contributed by atoms with Crippen LogP contribution >= 0.6 is 0 Å². The van der Waals surface area contributed by atoms with Crippen LogP contribution in [-0.4, -0.2) is 16.5 Å². The largest absolute Gasteiger partial charge is 0.454 e. The minimum Gasteiger partial charge on any atom is -0.350 e. The van der Waals surface area contributed by atoms with Crippen molar-refractivity contribution in [2.24, 2.45) is 7.05 Å². The Balaban J connectivity index is 2.73. The predicted octanol–water partition coefficient (Wildman–Crippen LogP) is 3.23. The summed E-state index contributed by atoms with van der Waals surface area (Å²) in [4.78, 5) is 11.3. The second-order valence-corrected chi connectivity index (χ2v) is 3.95. The first-order chi connectivity index (χ1) is 7.82. The molecule has 0 saturated carbocycles. The third-order valence-corrected chi connectivity index (χ3v) is 2.71. The topological polar surface area (TPSA) is 22.0 Å². The van der Waals surface area contributed by atoms with Crippen LogP contribution in [0.2, 0.25) is 0 Å². The molecule has 1 aromatic carbocycles. The van der Waals surface area contributed by atoms with E-state index in [2.05, 4.69) is 0 Å². The fourth-order valence-corrected chi connectivity index (χ4v) is 2.01. The summed E-state index contributed by atoms with van der Waals surface area (Å²) in [6.07, 6.45) is -3.61. The number of benzene rings is 1. The average Bonchev–Trinajstić information content (AvgIpc) is 2.55. The molecule has 0 saturated heterocycles. The third kappa shape index (κ3) is 1.81. The molecule has 17 heavy (non-hydrogen) atoms. The van der Waals surface area contributed by atoms with E-state index in [1.54, 1.807) is 30.7 Å². The number of aromatic nitrogens is 1. The van der Waals surface area contributed by atoms with Gasteiger partial charge in [-0.3, -0.25) is 4.79 Å². The van der Waals surface area contributed by atoms with Gasteiger partial charge in [0.25, 0.3) is 5.78 Å². The standard InChI is InChI=1S/C12H10F3NO/c1-7-4-3-5-8-9(6-16(2)10(7)8)11(17)12(13,14)15/h3-6H,1-2H3. The number of carbonyl (C=O) groups excluding carboxylic acids is 1. The molecule has 90 valence electrons. The Labute approximate surface area is 95.7 Å². The summed E-state index contributed by atoms with van der Waals surface area (Å²) in [5, 5.41) is 0.342. The number of ketones is 1. The van der Waals surface area contributed by atoms with Crippen LogP contribution in [0.5, 0.6) is 0 Å². The minimum atomic E-state index is -4.84. The van der Waals surface area contributed by atoms with Gasteiger partial charge in [0.2, 0.25) is 0 Å². The van der Waals surface area contributed by atoms with Crippen molar-refractivity contribution in [2.75, 3.05) is 0 Å². The van der Waals surface area contributed by atoms with Crippen LogP contribution in [-0.2, 0) is 7.05 Å². The van der Waals surface area contributed by atoms with Gasteiger partial charge in [0.05, 0.1) is 11.1 Å². The van der Waals surface area contributed by atoms with Crippen molar-refractivity contribution in [3.05, 3.63) is 35.5 Å². The van der Waals surface area contributed by atoms with E-state index in [1.807, 2.05) is 0 Å². The van der Waals surface area contributed by atoms with E-state index in [9.17, 15) is 18.0 Å². The lowest BCUT2D eigenvalue weighted by Gasteiger charge is -2.03. The number of halogens is 3. The van der Waals surface area contributed by atoms with E-state index >= 15 is 0 Å². The van der Waals surface area contributed by atoms with Crippen LogP contribution in [0.15, 0.2) is 24.4 Å². The third-order valence-electron chi connectivity index (χ3n) is 2.71. The molecule has 0 aliphatic carbocycles. The van der Waals surface area contributed by atoms with Crippen molar-refractivity contribution >= 4 is 16.7 Å². The van der Waals surface area contributed by atoms with Crippen molar-refractivity contribution in [3.8, 4) is 0 Å². The Hall–Kier alpha value is -1.78. The lowest BCUT2D eigenvalue weighted by Crippen LogP contribution is -2.22. The Morgan fingerprint density at radius 1 is 1.29 bits per heavy atom. The van der Waals surface area contributed by atoms with Gasteiger partial charge in [-0.15, -0.1) is 0 Å². The minimum absolute atomic E-state index is 0.293. The van der Waals surface area contributed by atoms with Gasteiger partial charge in [-0.1, -0.05) is 18.2 Å². The number of nitrogens with zero attached hydrogens (tertiary/aromatic N) is 1. The van der Waals surface area contributed by atoms with Crippen molar-refractivity contribution in [1.29, 1.82) is 0 Å². The molecule has 2 nitrogen and oxygen atoms in total. The lowest BCUT2D eigenvalue weighted by atomic mass is 10.1. The molecule has 0 atom stereocenters. The summed E-state index contributed by atoms with van der Waals surface area (Å²) in [6, 6.07) is 4.97. The second-order valence-electron chi connectivity index (χ2n) is 3.95. The summed E-state index contributed by atoms with van der Waals surface area (Å²) in [7, 11) is 1.63. The summed E-state index contributed by atoms with van der Waals surface area (Å²) in [6.45, 7) is 1.80. The molecule has 1 heterocycles. The van der Waals surface area contributed by atoms with E-state index in [0.717, 1.165) is 5.56 Å². The van der Waals surface area contributed by atoms with Crippen LogP contribution in [0, 0.1) is 6.92 Å². The quantitative estimate of drug-likeness (QED) is 0.702. The zero-order valence-electron chi connectivity index (χ0n) is 9.30. The van der Waals surface area contributed by atoms with Gasteiger partial charge in [0, 0.05) is 18.6 Å². The van der Waals surface area contributed by atoms with Crippen LogP contribution in [0.4, 0.5) is 13.2 Å². The maximum Gasteiger partial charge on any atom is 0.454 e. The normalized spacial score (nSPS) is 12.1. The summed E-state index contributed by atoms with van der Waals surface area (Å²) in [5.74, 6) is -1.80. The molecule has 0 N–H and O–H groups in total. The van der Waals surface area contributed by atoms with Crippen molar-refractivity contribution in [3.63, 3.8) is 0 Å². The number of rotatable bonds is 1. The highest BCUT2D eigenvalue weighted by molar-refractivity contribution is 6.11. The smallest absolute Gasteiger partial charge is 0.350 e. The maximum atomic E-state index is 12.4. The number of alkyl halides is 3. The Morgan fingerprint density at radius 3 is 2.53 bits per heavy atom. The number of fused-ring (bicyclic) bond motifs is 1. The van der Waals surface area contributed by atoms with Gasteiger partial charge in [-0.05, 0) is 12.5 Å². The molecule has 0 aliphatic rings. The molecule has 1 aromatic heterocycles. The van der Waals surface area contributed by atoms with E-state index in [0.29, 0.717) is 10.9 Å². The highest BCUT2D eigenvalue weighted by Gasteiger charge is 2.40. The first-order valence-corrected chi connectivity index (χ1v) is 4.98. The van der Waals surface area contributed by atoms with Gasteiger partial charge >= 0.3 is 6.18 Å². The van der Waals surface area contributed by atoms with Gasteiger partial charge in [-0.2, -0.15) is 13.2 Å². The maximum absolute atomic E-state index is 12.4.